The number of anilines is 1. The van der Waals surface area contributed by atoms with E-state index in [-0.39, 0.29) is 12.8 Å². The van der Waals surface area contributed by atoms with E-state index in [0.29, 0.717) is 22.5 Å². The Bertz CT molecular complexity index is 744. The summed E-state index contributed by atoms with van der Waals surface area (Å²) < 4.78 is 0. The Morgan fingerprint density at radius 2 is 1.43 bits per heavy atom. The number of benzene rings is 2. The van der Waals surface area contributed by atoms with Crippen LogP contribution in [0.4, 0.5) is 11.4 Å². The molecule has 0 saturated heterocycles. The first-order valence-electron chi connectivity index (χ1n) is 6.82. The number of nitrogens with one attached hydrogen (secondary N) is 1. The van der Waals surface area contributed by atoms with Crippen LogP contribution in [0.25, 0.3) is 0 Å². The molecule has 23 heavy (non-hydrogen) atoms. The molecule has 0 amide bonds. The van der Waals surface area contributed by atoms with E-state index in [2.05, 4.69) is 15.8 Å². The highest BCUT2D eigenvalue weighted by Crippen LogP contribution is 2.21. The molecule has 0 spiro atoms. The first kappa shape index (κ1) is 16.2. The molecule has 0 aliphatic rings. The third-order valence-corrected chi connectivity index (χ3v) is 3.02. The Balaban J connectivity index is 2.14. The minimum atomic E-state index is -0.951. The molecule has 0 bridgehead atoms. The molecule has 0 heterocycles. The lowest BCUT2D eigenvalue weighted by atomic mass is 10.1. The quantitative estimate of drug-likeness (QED) is 0.537. The zero-order chi connectivity index (χ0) is 16.7. The number of hydrogen-bond acceptors (Lipinski definition) is 4. The molecule has 0 unspecified atom stereocenters. The Kier molecular flexibility index (Phi) is 5.40. The number of hydrogen-bond donors (Lipinski definition) is 3. The average Bonchev–Trinajstić information content (AvgIpc) is 2.49. The first-order chi connectivity index (χ1) is 11.1. The van der Waals surface area contributed by atoms with Gasteiger partial charge in [0.1, 0.15) is 0 Å². The highest BCUT2D eigenvalue weighted by molar-refractivity contribution is 5.73. The van der Waals surface area contributed by atoms with E-state index in [9.17, 15) is 9.59 Å². The van der Waals surface area contributed by atoms with Gasteiger partial charge in [-0.3, -0.25) is 15.0 Å². The number of para-hydroxylation sites is 1. The number of carboxylic acid groups (broad SMARTS) is 2. The van der Waals surface area contributed by atoms with Gasteiger partial charge in [-0.05, 0) is 23.3 Å². The largest absolute Gasteiger partial charge is 0.481 e. The van der Waals surface area contributed by atoms with Crippen molar-refractivity contribution in [1.29, 1.82) is 0 Å². The van der Waals surface area contributed by atoms with Crippen molar-refractivity contribution in [2.75, 3.05) is 5.43 Å². The number of nitrogens with zero attached hydrogens (tertiary/aromatic N) is 2. The molecular formula is C16H15N3O4. The van der Waals surface area contributed by atoms with Crippen molar-refractivity contribution in [3.05, 3.63) is 59.7 Å². The molecule has 0 saturated carbocycles. The van der Waals surface area contributed by atoms with Gasteiger partial charge < -0.3 is 10.2 Å². The standard InChI is InChI=1S/C16H15N3O4/c20-15(21)9-11-5-1-3-7-13(11)17-19-18-14-8-4-2-6-12(14)10-16(22)23/h1-8H,9-10H2,(H,17,18)(H,20,21)(H,22,23). The maximum atomic E-state index is 10.8. The van der Waals surface area contributed by atoms with Gasteiger partial charge >= 0.3 is 11.9 Å². The van der Waals surface area contributed by atoms with Gasteiger partial charge in [-0.15, -0.1) is 5.11 Å². The van der Waals surface area contributed by atoms with Crippen molar-refractivity contribution in [2.45, 2.75) is 12.8 Å². The van der Waals surface area contributed by atoms with Crippen LogP contribution in [0.5, 0.6) is 0 Å². The minimum Gasteiger partial charge on any atom is -0.481 e. The van der Waals surface area contributed by atoms with E-state index in [1.165, 1.54) is 0 Å². The van der Waals surface area contributed by atoms with Crippen LogP contribution in [0, 0.1) is 0 Å². The summed E-state index contributed by atoms with van der Waals surface area (Å²) in [4.78, 5) is 21.6. The van der Waals surface area contributed by atoms with Crippen LogP contribution in [-0.2, 0) is 22.4 Å². The van der Waals surface area contributed by atoms with Gasteiger partial charge in [-0.25, -0.2) is 0 Å². The fourth-order valence-corrected chi connectivity index (χ4v) is 2.00. The number of aliphatic carboxylic acids is 2. The summed E-state index contributed by atoms with van der Waals surface area (Å²) >= 11 is 0. The fraction of sp³-hybridized carbons (Fsp3) is 0.125. The Morgan fingerprint density at radius 1 is 0.870 bits per heavy atom. The van der Waals surface area contributed by atoms with Crippen molar-refractivity contribution in [1.82, 2.24) is 0 Å². The molecule has 3 N–H and O–H groups in total. The fourth-order valence-electron chi connectivity index (χ4n) is 2.00. The molecule has 0 aromatic heterocycles. The Hall–Kier alpha value is -3.22. The maximum absolute atomic E-state index is 10.8. The second kappa shape index (κ2) is 7.69. The zero-order valence-electron chi connectivity index (χ0n) is 12.1. The van der Waals surface area contributed by atoms with Crippen molar-refractivity contribution in [3.8, 4) is 0 Å². The summed E-state index contributed by atoms with van der Waals surface area (Å²) in [7, 11) is 0. The number of carboxylic acids is 2. The van der Waals surface area contributed by atoms with Crippen LogP contribution in [-0.4, -0.2) is 22.2 Å². The van der Waals surface area contributed by atoms with Gasteiger partial charge in [0, 0.05) is 0 Å². The third kappa shape index (κ3) is 4.92. The predicted molar refractivity (Wildman–Crippen MR) is 83.7 cm³/mol. The zero-order valence-corrected chi connectivity index (χ0v) is 12.1. The van der Waals surface area contributed by atoms with Crippen LogP contribution in [0.15, 0.2) is 58.9 Å². The summed E-state index contributed by atoms with van der Waals surface area (Å²) in [6, 6.07) is 13.7. The van der Waals surface area contributed by atoms with E-state index in [1.807, 2.05) is 0 Å². The molecule has 7 nitrogen and oxygen atoms in total. The number of rotatable bonds is 7. The highest BCUT2D eigenvalue weighted by atomic mass is 16.4. The summed E-state index contributed by atoms with van der Waals surface area (Å²) in [6.07, 6.45) is -0.279. The van der Waals surface area contributed by atoms with Crippen LogP contribution in [0.1, 0.15) is 11.1 Å². The van der Waals surface area contributed by atoms with Gasteiger partial charge in [0.2, 0.25) is 0 Å². The summed E-state index contributed by atoms with van der Waals surface area (Å²) in [5.41, 5.74) is 4.80. The van der Waals surface area contributed by atoms with E-state index in [1.54, 1.807) is 48.5 Å². The van der Waals surface area contributed by atoms with E-state index in [0.717, 1.165) is 0 Å². The van der Waals surface area contributed by atoms with Crippen LogP contribution in [0.3, 0.4) is 0 Å². The van der Waals surface area contributed by atoms with Crippen molar-refractivity contribution >= 4 is 23.3 Å². The van der Waals surface area contributed by atoms with Crippen LogP contribution < -0.4 is 5.43 Å². The second-order valence-electron chi connectivity index (χ2n) is 4.74. The molecule has 118 valence electrons. The van der Waals surface area contributed by atoms with Gasteiger partial charge in [0.25, 0.3) is 0 Å². The molecule has 0 aliphatic heterocycles. The summed E-state index contributed by atoms with van der Waals surface area (Å²) in [6.45, 7) is 0. The van der Waals surface area contributed by atoms with Crippen LogP contribution in [0.2, 0.25) is 0 Å². The lowest BCUT2D eigenvalue weighted by Gasteiger charge is -2.06. The molecule has 2 aromatic rings. The van der Waals surface area contributed by atoms with Gasteiger partial charge in [-0.2, -0.15) is 0 Å². The molecular weight excluding hydrogens is 298 g/mol. The highest BCUT2D eigenvalue weighted by Gasteiger charge is 2.07. The summed E-state index contributed by atoms with van der Waals surface area (Å²) in [5.74, 6) is -1.89. The van der Waals surface area contributed by atoms with Crippen molar-refractivity contribution < 1.29 is 19.8 Å². The SMILES string of the molecule is O=C(O)Cc1ccccc1N=NNc1ccccc1CC(=O)O. The predicted octanol–water partition coefficient (Wildman–Crippen LogP) is 3.05. The van der Waals surface area contributed by atoms with Crippen LogP contribution >= 0.6 is 0 Å². The number of carbonyl (C=O) groups is 2. The smallest absolute Gasteiger partial charge is 0.307 e. The first-order valence-corrected chi connectivity index (χ1v) is 6.82. The van der Waals surface area contributed by atoms with Gasteiger partial charge in [0.05, 0.1) is 24.2 Å². The third-order valence-electron chi connectivity index (χ3n) is 3.02. The molecule has 2 rings (SSSR count). The van der Waals surface area contributed by atoms with Crippen molar-refractivity contribution in [2.24, 2.45) is 10.3 Å². The molecule has 0 aliphatic carbocycles. The lowest BCUT2D eigenvalue weighted by Crippen LogP contribution is -2.03. The van der Waals surface area contributed by atoms with Crippen molar-refractivity contribution in [3.63, 3.8) is 0 Å². The minimum absolute atomic E-state index is 0.131. The molecule has 0 fully saturated rings. The van der Waals surface area contributed by atoms with Gasteiger partial charge in [0.15, 0.2) is 0 Å². The average molecular weight is 313 g/mol. The van der Waals surface area contributed by atoms with E-state index < -0.39 is 11.9 Å². The molecule has 0 atom stereocenters. The van der Waals surface area contributed by atoms with E-state index in [4.69, 9.17) is 10.2 Å². The Labute approximate surface area is 132 Å². The lowest BCUT2D eigenvalue weighted by molar-refractivity contribution is -0.137. The van der Waals surface area contributed by atoms with Gasteiger partial charge in [-0.1, -0.05) is 41.6 Å². The monoisotopic (exact) mass is 313 g/mol. The molecule has 0 radical (unpaired) electrons. The second-order valence-corrected chi connectivity index (χ2v) is 4.74. The Morgan fingerprint density at radius 3 is 2.13 bits per heavy atom. The maximum Gasteiger partial charge on any atom is 0.307 e. The topological polar surface area (TPSA) is 111 Å². The summed E-state index contributed by atoms with van der Waals surface area (Å²) in [5, 5.41) is 25.6. The normalized spacial score (nSPS) is 10.6. The van der Waals surface area contributed by atoms with E-state index >= 15 is 0 Å². The molecule has 2 aromatic carbocycles. The molecule has 7 heteroatoms.